The van der Waals surface area contributed by atoms with Crippen molar-refractivity contribution >= 4 is 22.9 Å². The van der Waals surface area contributed by atoms with Crippen LogP contribution in [0.4, 0.5) is 4.79 Å². The normalized spacial score (nSPS) is 20.8. The van der Waals surface area contributed by atoms with Crippen molar-refractivity contribution in [2.24, 2.45) is 10.4 Å². The lowest BCUT2D eigenvalue weighted by molar-refractivity contribution is 0.267. The molecule has 0 aromatic heterocycles. The van der Waals surface area contributed by atoms with Crippen LogP contribution in [0.15, 0.2) is 4.99 Å². The van der Waals surface area contributed by atoms with Gasteiger partial charge in [-0.25, -0.2) is 0 Å². The van der Waals surface area contributed by atoms with Crippen LogP contribution in [0, 0.1) is 5.41 Å². The molecule has 98 valence electrons. The van der Waals surface area contributed by atoms with Crippen LogP contribution in [0.25, 0.3) is 0 Å². The SMILES string of the molecule is CC(C)(C)CCCCCCC1SC(=O)N=C1O. The van der Waals surface area contributed by atoms with Crippen LogP contribution in [-0.4, -0.2) is 21.5 Å². The Morgan fingerprint density at radius 1 is 1.24 bits per heavy atom. The molecule has 4 heteroatoms. The molecule has 1 aliphatic heterocycles. The van der Waals surface area contributed by atoms with Crippen molar-refractivity contribution in [1.82, 2.24) is 0 Å². The molecule has 0 radical (unpaired) electrons. The average molecular weight is 257 g/mol. The summed E-state index contributed by atoms with van der Waals surface area (Å²) in [6, 6.07) is 0. The molecule has 0 saturated carbocycles. The lowest BCUT2D eigenvalue weighted by Gasteiger charge is -2.17. The molecule has 0 fully saturated rings. The van der Waals surface area contributed by atoms with Crippen molar-refractivity contribution in [1.29, 1.82) is 0 Å². The summed E-state index contributed by atoms with van der Waals surface area (Å²) in [5.74, 6) is 0.0229. The summed E-state index contributed by atoms with van der Waals surface area (Å²) in [4.78, 5) is 14.4. The predicted octanol–water partition coefficient (Wildman–Crippen LogP) is 4.57. The number of unbranched alkanes of at least 4 members (excludes halogenated alkanes) is 3. The summed E-state index contributed by atoms with van der Waals surface area (Å²) in [7, 11) is 0. The highest BCUT2D eigenvalue weighted by Crippen LogP contribution is 2.27. The fourth-order valence-electron chi connectivity index (χ4n) is 1.89. The van der Waals surface area contributed by atoms with Crippen molar-refractivity contribution in [3.05, 3.63) is 0 Å². The molecule has 1 atom stereocenters. The number of carbonyl (C=O) groups is 1. The molecule has 0 aromatic rings. The van der Waals surface area contributed by atoms with Gasteiger partial charge in [0.1, 0.15) is 0 Å². The molecule has 0 aliphatic carbocycles. The van der Waals surface area contributed by atoms with Gasteiger partial charge in [-0.15, -0.1) is 0 Å². The van der Waals surface area contributed by atoms with Crippen molar-refractivity contribution in [2.45, 2.75) is 64.5 Å². The van der Waals surface area contributed by atoms with Crippen LogP contribution in [0.2, 0.25) is 0 Å². The van der Waals surface area contributed by atoms with E-state index in [0.29, 0.717) is 5.41 Å². The summed E-state index contributed by atoms with van der Waals surface area (Å²) in [5.41, 5.74) is 0.429. The van der Waals surface area contributed by atoms with Gasteiger partial charge in [0.05, 0.1) is 5.25 Å². The summed E-state index contributed by atoms with van der Waals surface area (Å²) >= 11 is 1.15. The number of aliphatic imine (C=N–C) groups is 1. The Bertz CT molecular complexity index is 294. The number of rotatable bonds is 6. The monoisotopic (exact) mass is 257 g/mol. The molecule has 1 amide bonds. The van der Waals surface area contributed by atoms with Gasteiger partial charge in [-0.05, 0) is 30.0 Å². The first-order valence-corrected chi connectivity index (χ1v) is 7.24. The third-order valence-electron chi connectivity index (χ3n) is 2.88. The van der Waals surface area contributed by atoms with Gasteiger partial charge in [0.2, 0.25) is 5.90 Å². The number of aliphatic hydroxyl groups is 1. The van der Waals surface area contributed by atoms with Gasteiger partial charge >= 0.3 is 5.24 Å². The van der Waals surface area contributed by atoms with Gasteiger partial charge in [-0.2, -0.15) is 4.99 Å². The molecular formula is C13H23NO2S. The summed E-state index contributed by atoms with van der Waals surface area (Å²) in [6.07, 6.45) is 6.86. The van der Waals surface area contributed by atoms with Crippen LogP contribution in [0.5, 0.6) is 0 Å². The molecule has 1 heterocycles. The Morgan fingerprint density at radius 2 is 1.88 bits per heavy atom. The number of aliphatic hydroxyl groups excluding tert-OH is 1. The first-order valence-electron chi connectivity index (χ1n) is 6.37. The van der Waals surface area contributed by atoms with Crippen LogP contribution in [0.1, 0.15) is 59.3 Å². The zero-order chi connectivity index (χ0) is 12.9. The largest absolute Gasteiger partial charge is 0.495 e. The molecule has 0 spiro atoms. The Hall–Kier alpha value is -0.510. The van der Waals surface area contributed by atoms with E-state index in [9.17, 15) is 9.90 Å². The lowest BCUT2D eigenvalue weighted by atomic mass is 9.89. The smallest absolute Gasteiger partial charge is 0.308 e. The van der Waals surface area contributed by atoms with Crippen molar-refractivity contribution in [3.63, 3.8) is 0 Å². The van der Waals surface area contributed by atoms with Crippen LogP contribution in [0.3, 0.4) is 0 Å². The number of nitrogens with zero attached hydrogens (tertiary/aromatic N) is 1. The minimum atomic E-state index is -0.250. The molecule has 3 nitrogen and oxygen atoms in total. The molecule has 0 saturated heterocycles. The van der Waals surface area contributed by atoms with E-state index in [1.165, 1.54) is 25.7 Å². The third kappa shape index (κ3) is 6.10. The first kappa shape index (κ1) is 14.6. The second kappa shape index (κ2) is 6.43. The molecule has 0 aromatic carbocycles. The van der Waals surface area contributed by atoms with Crippen molar-refractivity contribution < 1.29 is 9.90 Å². The van der Waals surface area contributed by atoms with E-state index in [-0.39, 0.29) is 16.4 Å². The van der Waals surface area contributed by atoms with E-state index >= 15 is 0 Å². The van der Waals surface area contributed by atoms with Crippen molar-refractivity contribution in [2.75, 3.05) is 0 Å². The summed E-state index contributed by atoms with van der Waals surface area (Å²) in [5, 5.41) is 9.05. The van der Waals surface area contributed by atoms with Gasteiger partial charge < -0.3 is 5.11 Å². The molecule has 1 aliphatic rings. The van der Waals surface area contributed by atoms with Gasteiger partial charge in [-0.1, -0.05) is 46.5 Å². The fourth-order valence-corrected chi connectivity index (χ4v) is 2.73. The zero-order valence-corrected chi connectivity index (χ0v) is 11.8. The third-order valence-corrected chi connectivity index (χ3v) is 3.90. The fraction of sp³-hybridized carbons (Fsp3) is 0.846. The molecule has 1 rings (SSSR count). The molecule has 0 bridgehead atoms. The maximum absolute atomic E-state index is 10.9. The highest BCUT2D eigenvalue weighted by molar-refractivity contribution is 8.15. The molecular weight excluding hydrogens is 234 g/mol. The highest BCUT2D eigenvalue weighted by atomic mass is 32.2. The van der Waals surface area contributed by atoms with E-state index in [1.807, 2.05) is 0 Å². The van der Waals surface area contributed by atoms with Crippen LogP contribution < -0.4 is 0 Å². The number of hydrogen-bond acceptors (Lipinski definition) is 2. The minimum absolute atomic E-state index is 0.0229. The number of thioether (sulfide) groups is 1. The highest BCUT2D eigenvalue weighted by Gasteiger charge is 2.26. The topological polar surface area (TPSA) is 49.7 Å². The number of amides is 1. The summed E-state index contributed by atoms with van der Waals surface area (Å²) in [6.45, 7) is 6.80. The Morgan fingerprint density at radius 3 is 2.41 bits per heavy atom. The van der Waals surface area contributed by atoms with E-state index < -0.39 is 0 Å². The van der Waals surface area contributed by atoms with Crippen LogP contribution >= 0.6 is 11.8 Å². The summed E-state index contributed by atoms with van der Waals surface area (Å²) < 4.78 is 0. The van der Waals surface area contributed by atoms with E-state index in [1.54, 1.807) is 0 Å². The maximum Gasteiger partial charge on any atom is 0.308 e. The zero-order valence-electron chi connectivity index (χ0n) is 11.0. The Balaban J connectivity index is 2.02. The molecule has 17 heavy (non-hydrogen) atoms. The second-order valence-electron chi connectivity index (χ2n) is 5.86. The first-order chi connectivity index (χ1) is 7.88. The van der Waals surface area contributed by atoms with E-state index in [2.05, 4.69) is 25.8 Å². The maximum atomic E-state index is 10.9. The minimum Gasteiger partial charge on any atom is -0.495 e. The molecule has 1 unspecified atom stereocenters. The Kier molecular flexibility index (Phi) is 5.50. The number of carbonyl (C=O) groups excluding carboxylic acids is 1. The molecule has 1 N–H and O–H groups in total. The van der Waals surface area contributed by atoms with Crippen LogP contribution in [-0.2, 0) is 0 Å². The lowest BCUT2D eigenvalue weighted by Crippen LogP contribution is -2.11. The van der Waals surface area contributed by atoms with Crippen molar-refractivity contribution in [3.8, 4) is 0 Å². The average Bonchev–Trinajstić information content (AvgIpc) is 2.49. The second-order valence-corrected chi connectivity index (χ2v) is 7.01. The number of hydrogen-bond donors (Lipinski definition) is 1. The standard InChI is InChI=1S/C13H23NO2S/c1-13(2,3)9-7-5-4-6-8-10-11(15)14-12(16)17-10/h10H,4-9H2,1-3H3,(H,14,15,16). The Labute approximate surface area is 108 Å². The van der Waals surface area contributed by atoms with Gasteiger partial charge in [0, 0.05) is 0 Å². The van der Waals surface area contributed by atoms with Gasteiger partial charge in [0.25, 0.3) is 0 Å². The van der Waals surface area contributed by atoms with E-state index in [4.69, 9.17) is 0 Å². The van der Waals surface area contributed by atoms with Gasteiger partial charge in [0.15, 0.2) is 0 Å². The quantitative estimate of drug-likeness (QED) is 0.709. The van der Waals surface area contributed by atoms with E-state index in [0.717, 1.165) is 24.6 Å². The predicted molar refractivity (Wildman–Crippen MR) is 74.0 cm³/mol. The van der Waals surface area contributed by atoms with Gasteiger partial charge in [-0.3, -0.25) is 4.79 Å².